The molecule has 0 aliphatic carbocycles. The van der Waals surface area contributed by atoms with Crippen molar-refractivity contribution in [1.82, 2.24) is 10.2 Å². The van der Waals surface area contributed by atoms with Crippen molar-refractivity contribution in [1.29, 1.82) is 0 Å². The predicted octanol–water partition coefficient (Wildman–Crippen LogP) is 4.90. The van der Waals surface area contributed by atoms with Crippen LogP contribution in [0.15, 0.2) is 42.5 Å². The van der Waals surface area contributed by atoms with Crippen molar-refractivity contribution >= 4 is 34.3 Å². The van der Waals surface area contributed by atoms with Gasteiger partial charge in [-0.3, -0.25) is 9.59 Å². The number of piperidine rings is 1. The lowest BCUT2D eigenvalue weighted by Crippen LogP contribution is -2.44. The number of carbonyl (C=O) groups excluding carboxylic acids is 2. The maximum atomic E-state index is 12.6. The second-order valence-corrected chi connectivity index (χ2v) is 8.94. The molecule has 29 heavy (non-hydrogen) atoms. The van der Waals surface area contributed by atoms with Crippen molar-refractivity contribution in [3.05, 3.63) is 58.5 Å². The Morgan fingerprint density at radius 1 is 1.21 bits per heavy atom. The third kappa shape index (κ3) is 4.11. The molecule has 5 heteroatoms. The van der Waals surface area contributed by atoms with Gasteiger partial charge in [0.2, 0.25) is 0 Å². The number of aldehydes is 1. The Morgan fingerprint density at radius 3 is 2.86 bits per heavy atom. The van der Waals surface area contributed by atoms with E-state index in [1.54, 1.807) is 0 Å². The van der Waals surface area contributed by atoms with Crippen LogP contribution in [0, 0.1) is 6.92 Å². The van der Waals surface area contributed by atoms with Crippen LogP contribution in [0.5, 0.6) is 0 Å². The summed E-state index contributed by atoms with van der Waals surface area (Å²) in [6.45, 7) is 3.76. The third-order valence-corrected chi connectivity index (χ3v) is 7.06. The summed E-state index contributed by atoms with van der Waals surface area (Å²) in [4.78, 5) is 28.2. The van der Waals surface area contributed by atoms with E-state index in [4.69, 9.17) is 0 Å². The van der Waals surface area contributed by atoms with E-state index in [1.807, 2.05) is 43.3 Å². The molecule has 1 N–H and O–H groups in total. The van der Waals surface area contributed by atoms with Crippen LogP contribution in [0.4, 0.5) is 0 Å². The van der Waals surface area contributed by atoms with Gasteiger partial charge in [0, 0.05) is 23.0 Å². The zero-order chi connectivity index (χ0) is 20.4. The number of nitrogens with one attached hydrogen (secondary N) is 1. The first-order valence-corrected chi connectivity index (χ1v) is 11.0. The highest BCUT2D eigenvalue weighted by molar-refractivity contribution is 7.17. The summed E-state index contributed by atoms with van der Waals surface area (Å²) in [5, 5.41) is 5.11. The van der Waals surface area contributed by atoms with Gasteiger partial charge in [-0.05, 0) is 73.5 Å². The number of rotatable bonds is 5. The number of benzene rings is 2. The standard InChI is InChI=1S/C24H26N2O2S/c1-16-6-7-17-13-18(8-9-20(17)21(16)15-27)22-10-11-23(29-22)24(28)25-14-19-5-3-4-12-26(19)2/h6-11,13,15,19H,3-5,12,14H2,1-2H3,(H,25,28). The van der Waals surface area contributed by atoms with Crippen LogP contribution in [-0.2, 0) is 0 Å². The first-order chi connectivity index (χ1) is 14.1. The molecule has 4 nitrogen and oxygen atoms in total. The molecule has 3 aromatic rings. The van der Waals surface area contributed by atoms with Gasteiger partial charge in [-0.25, -0.2) is 0 Å². The highest BCUT2D eigenvalue weighted by atomic mass is 32.1. The Morgan fingerprint density at radius 2 is 2.07 bits per heavy atom. The minimum Gasteiger partial charge on any atom is -0.350 e. The van der Waals surface area contributed by atoms with Gasteiger partial charge in [-0.2, -0.15) is 0 Å². The molecule has 150 valence electrons. The van der Waals surface area contributed by atoms with Gasteiger partial charge in [-0.1, -0.05) is 30.7 Å². The number of carbonyl (C=O) groups is 2. The van der Waals surface area contributed by atoms with Gasteiger partial charge >= 0.3 is 0 Å². The average Bonchev–Trinajstić information content (AvgIpc) is 3.23. The lowest BCUT2D eigenvalue weighted by molar-refractivity contribution is 0.0932. The number of aryl methyl sites for hydroxylation is 1. The van der Waals surface area contributed by atoms with E-state index in [0.717, 1.165) is 56.5 Å². The molecule has 0 saturated carbocycles. The van der Waals surface area contributed by atoms with E-state index in [1.165, 1.54) is 24.2 Å². The minimum atomic E-state index is -0.000112. The summed E-state index contributed by atoms with van der Waals surface area (Å²) in [6.07, 6.45) is 4.55. The topological polar surface area (TPSA) is 49.4 Å². The second-order valence-electron chi connectivity index (χ2n) is 7.85. The van der Waals surface area contributed by atoms with Crippen LogP contribution in [0.2, 0.25) is 0 Å². The Labute approximate surface area is 175 Å². The van der Waals surface area contributed by atoms with Crippen LogP contribution < -0.4 is 5.32 Å². The molecule has 1 unspecified atom stereocenters. The Hall–Kier alpha value is -2.50. The largest absolute Gasteiger partial charge is 0.350 e. The number of likely N-dealkylation sites (tertiary alicyclic amines) is 1. The first-order valence-electron chi connectivity index (χ1n) is 10.1. The lowest BCUT2D eigenvalue weighted by atomic mass is 9.98. The smallest absolute Gasteiger partial charge is 0.261 e. The summed E-state index contributed by atoms with van der Waals surface area (Å²) in [5.74, 6) is -0.000112. The van der Waals surface area contributed by atoms with Gasteiger partial charge < -0.3 is 10.2 Å². The normalized spacial score (nSPS) is 17.4. The molecular weight excluding hydrogens is 380 g/mol. The number of hydrogen-bond donors (Lipinski definition) is 1. The molecule has 2 aromatic carbocycles. The van der Waals surface area contributed by atoms with E-state index in [2.05, 4.69) is 23.3 Å². The number of amides is 1. The number of nitrogens with zero attached hydrogens (tertiary/aromatic N) is 1. The number of fused-ring (bicyclic) bond motifs is 1. The van der Waals surface area contributed by atoms with Crippen LogP contribution in [-0.4, -0.2) is 43.3 Å². The van der Waals surface area contributed by atoms with E-state index in [9.17, 15) is 9.59 Å². The number of thiophene rings is 1. The maximum absolute atomic E-state index is 12.6. The van der Waals surface area contributed by atoms with Crippen LogP contribution in [0.3, 0.4) is 0 Å². The van der Waals surface area contributed by atoms with Crippen molar-refractivity contribution in [3.63, 3.8) is 0 Å². The fourth-order valence-electron chi connectivity index (χ4n) is 4.09. The highest BCUT2D eigenvalue weighted by Crippen LogP contribution is 2.32. The van der Waals surface area contributed by atoms with Crippen molar-refractivity contribution in [2.45, 2.75) is 32.2 Å². The fourth-order valence-corrected chi connectivity index (χ4v) is 5.01. The molecule has 1 aliphatic heterocycles. The SMILES string of the molecule is Cc1ccc2cc(-c3ccc(C(=O)NCC4CCCCN4C)s3)ccc2c1C=O. The summed E-state index contributed by atoms with van der Waals surface area (Å²) in [7, 11) is 2.14. The summed E-state index contributed by atoms with van der Waals surface area (Å²) < 4.78 is 0. The Bertz CT molecular complexity index is 1060. The Kier molecular flexibility index (Phi) is 5.79. The molecule has 1 aliphatic rings. The molecule has 0 bridgehead atoms. The Balaban J connectivity index is 1.50. The summed E-state index contributed by atoms with van der Waals surface area (Å²) in [6, 6.07) is 14.5. The van der Waals surface area contributed by atoms with Crippen molar-refractivity contribution in [2.24, 2.45) is 0 Å². The first kappa shape index (κ1) is 19.8. The van der Waals surface area contributed by atoms with Gasteiger partial charge in [0.05, 0.1) is 4.88 Å². The van der Waals surface area contributed by atoms with Crippen molar-refractivity contribution in [3.8, 4) is 10.4 Å². The molecule has 1 amide bonds. The monoisotopic (exact) mass is 406 g/mol. The van der Waals surface area contributed by atoms with Gasteiger partial charge in [0.25, 0.3) is 5.91 Å². The van der Waals surface area contributed by atoms with E-state index in [0.29, 0.717) is 12.6 Å². The fraction of sp³-hybridized carbons (Fsp3) is 0.333. The van der Waals surface area contributed by atoms with E-state index >= 15 is 0 Å². The highest BCUT2D eigenvalue weighted by Gasteiger charge is 2.20. The van der Waals surface area contributed by atoms with Gasteiger partial charge in [-0.15, -0.1) is 11.3 Å². The summed E-state index contributed by atoms with van der Waals surface area (Å²) in [5.41, 5.74) is 2.79. The van der Waals surface area contributed by atoms with Crippen LogP contribution >= 0.6 is 11.3 Å². The zero-order valence-electron chi connectivity index (χ0n) is 16.9. The average molecular weight is 407 g/mol. The maximum Gasteiger partial charge on any atom is 0.261 e. The quantitative estimate of drug-likeness (QED) is 0.613. The number of likely N-dealkylation sites (N-methyl/N-ethyl adjacent to an activating group) is 1. The molecule has 1 fully saturated rings. The van der Waals surface area contributed by atoms with Gasteiger partial charge in [0.15, 0.2) is 6.29 Å². The summed E-state index contributed by atoms with van der Waals surface area (Å²) >= 11 is 1.51. The molecule has 1 aromatic heterocycles. The molecule has 0 spiro atoms. The second kappa shape index (κ2) is 8.47. The zero-order valence-corrected chi connectivity index (χ0v) is 17.7. The van der Waals surface area contributed by atoms with Crippen LogP contribution in [0.25, 0.3) is 21.2 Å². The lowest BCUT2D eigenvalue weighted by Gasteiger charge is -2.32. The van der Waals surface area contributed by atoms with E-state index in [-0.39, 0.29) is 5.91 Å². The molecule has 4 rings (SSSR count). The number of hydrogen-bond acceptors (Lipinski definition) is 4. The molecular formula is C24H26N2O2S. The molecule has 1 saturated heterocycles. The predicted molar refractivity (Wildman–Crippen MR) is 120 cm³/mol. The van der Waals surface area contributed by atoms with Crippen molar-refractivity contribution < 1.29 is 9.59 Å². The van der Waals surface area contributed by atoms with E-state index < -0.39 is 0 Å². The minimum absolute atomic E-state index is 0.000112. The molecule has 1 atom stereocenters. The van der Waals surface area contributed by atoms with Crippen molar-refractivity contribution in [2.75, 3.05) is 20.1 Å². The molecule has 2 heterocycles. The molecule has 0 radical (unpaired) electrons. The van der Waals surface area contributed by atoms with Crippen LogP contribution in [0.1, 0.15) is 44.9 Å². The third-order valence-electron chi connectivity index (χ3n) is 5.93. The van der Waals surface area contributed by atoms with Gasteiger partial charge in [0.1, 0.15) is 0 Å².